The lowest BCUT2D eigenvalue weighted by molar-refractivity contribution is -0.113. The SMILES string of the molecule is O=C(CSc1n[nH]c(=O)n1CCc1ccccc1)Nc1cc(Cl)ccc1-n1cncn1. The van der Waals surface area contributed by atoms with Crippen LogP contribution in [0, 0.1) is 0 Å². The average Bonchev–Trinajstić information content (AvgIpc) is 3.42. The van der Waals surface area contributed by atoms with Crippen LogP contribution in [0.5, 0.6) is 0 Å². The molecule has 0 bridgehead atoms. The van der Waals surface area contributed by atoms with E-state index in [9.17, 15) is 9.59 Å². The molecule has 0 atom stereocenters. The highest BCUT2D eigenvalue weighted by Crippen LogP contribution is 2.24. The first-order valence-corrected chi connectivity index (χ1v) is 10.7. The van der Waals surface area contributed by atoms with Crippen LogP contribution in [0.2, 0.25) is 5.02 Å². The van der Waals surface area contributed by atoms with Crippen LogP contribution in [0.15, 0.2) is 71.1 Å². The number of hydrogen-bond acceptors (Lipinski definition) is 6. The van der Waals surface area contributed by atoms with E-state index < -0.39 is 0 Å². The highest BCUT2D eigenvalue weighted by atomic mass is 35.5. The summed E-state index contributed by atoms with van der Waals surface area (Å²) < 4.78 is 3.07. The quantitative estimate of drug-likeness (QED) is 0.395. The van der Waals surface area contributed by atoms with Gasteiger partial charge in [0.1, 0.15) is 12.7 Å². The van der Waals surface area contributed by atoms with E-state index in [0.717, 1.165) is 5.56 Å². The van der Waals surface area contributed by atoms with Gasteiger partial charge in [0.15, 0.2) is 5.16 Å². The molecule has 2 heterocycles. The Morgan fingerprint density at radius 2 is 2.03 bits per heavy atom. The first-order valence-electron chi connectivity index (χ1n) is 9.36. The van der Waals surface area contributed by atoms with Crippen molar-refractivity contribution in [2.45, 2.75) is 18.1 Å². The maximum absolute atomic E-state index is 12.6. The second kappa shape index (κ2) is 9.63. The molecular weight excluding hydrogens is 438 g/mol. The number of aromatic nitrogens is 6. The molecule has 2 N–H and O–H groups in total. The third kappa shape index (κ3) is 5.22. The number of amides is 1. The van der Waals surface area contributed by atoms with E-state index in [0.29, 0.717) is 34.5 Å². The lowest BCUT2D eigenvalue weighted by Gasteiger charge is -2.11. The van der Waals surface area contributed by atoms with Crippen molar-refractivity contribution >= 4 is 35.0 Å². The second-order valence-electron chi connectivity index (χ2n) is 6.54. The fraction of sp³-hybridized carbons (Fsp3) is 0.150. The number of aryl methyl sites for hydroxylation is 1. The first-order chi connectivity index (χ1) is 15.1. The minimum Gasteiger partial charge on any atom is -0.323 e. The van der Waals surface area contributed by atoms with Crippen LogP contribution in [-0.2, 0) is 17.8 Å². The number of anilines is 1. The Morgan fingerprint density at radius 3 is 2.81 bits per heavy atom. The Bertz CT molecular complexity index is 1220. The standard InChI is InChI=1S/C20H18ClN7O2S/c21-15-6-7-17(28-13-22-12-23-28)16(10-15)24-18(29)11-31-20-26-25-19(30)27(20)9-8-14-4-2-1-3-5-14/h1-7,10,12-13H,8-9,11H2,(H,24,29)(H,25,30). The summed E-state index contributed by atoms with van der Waals surface area (Å²) >= 11 is 7.27. The van der Waals surface area contributed by atoms with Crippen molar-refractivity contribution in [1.29, 1.82) is 0 Å². The smallest absolute Gasteiger partial charge is 0.323 e. The number of nitrogens with one attached hydrogen (secondary N) is 2. The zero-order chi connectivity index (χ0) is 21.6. The van der Waals surface area contributed by atoms with Crippen molar-refractivity contribution < 1.29 is 4.79 Å². The molecule has 158 valence electrons. The molecule has 11 heteroatoms. The summed E-state index contributed by atoms with van der Waals surface area (Å²) in [5, 5.41) is 14.4. The lowest BCUT2D eigenvalue weighted by atomic mass is 10.1. The van der Waals surface area contributed by atoms with Gasteiger partial charge in [-0.2, -0.15) is 5.10 Å². The van der Waals surface area contributed by atoms with Crippen molar-refractivity contribution in [3.8, 4) is 5.69 Å². The molecule has 0 aliphatic heterocycles. The summed E-state index contributed by atoms with van der Waals surface area (Å²) in [5.74, 6) is -0.197. The summed E-state index contributed by atoms with van der Waals surface area (Å²) in [4.78, 5) is 28.6. The summed E-state index contributed by atoms with van der Waals surface area (Å²) in [5.41, 5.74) is 1.96. The molecule has 1 amide bonds. The number of rotatable bonds is 8. The fourth-order valence-electron chi connectivity index (χ4n) is 2.95. The molecule has 0 aliphatic rings. The van der Waals surface area contributed by atoms with Gasteiger partial charge in [0, 0.05) is 11.6 Å². The van der Waals surface area contributed by atoms with Crippen LogP contribution < -0.4 is 11.0 Å². The Labute approximate surface area is 186 Å². The van der Waals surface area contributed by atoms with Gasteiger partial charge in [-0.3, -0.25) is 9.36 Å². The molecule has 0 aliphatic carbocycles. The summed E-state index contributed by atoms with van der Waals surface area (Å²) in [6, 6.07) is 15.0. The summed E-state index contributed by atoms with van der Waals surface area (Å²) in [7, 11) is 0. The molecule has 2 aromatic carbocycles. The number of carbonyl (C=O) groups excluding carboxylic acids is 1. The summed E-state index contributed by atoms with van der Waals surface area (Å²) in [6.07, 6.45) is 3.62. The second-order valence-corrected chi connectivity index (χ2v) is 7.92. The number of halogens is 1. The van der Waals surface area contributed by atoms with Gasteiger partial charge in [0.25, 0.3) is 0 Å². The van der Waals surface area contributed by atoms with Gasteiger partial charge in [-0.25, -0.2) is 19.6 Å². The zero-order valence-electron chi connectivity index (χ0n) is 16.2. The van der Waals surface area contributed by atoms with Crippen molar-refractivity contribution in [2.24, 2.45) is 0 Å². The molecule has 2 aromatic heterocycles. The van der Waals surface area contributed by atoms with Crippen LogP contribution in [0.25, 0.3) is 5.69 Å². The molecule has 31 heavy (non-hydrogen) atoms. The van der Waals surface area contributed by atoms with Gasteiger partial charge in [-0.1, -0.05) is 53.7 Å². The largest absolute Gasteiger partial charge is 0.343 e. The third-order valence-corrected chi connectivity index (χ3v) is 5.63. The molecule has 0 fully saturated rings. The monoisotopic (exact) mass is 455 g/mol. The van der Waals surface area contributed by atoms with Gasteiger partial charge in [0.05, 0.1) is 17.1 Å². The zero-order valence-corrected chi connectivity index (χ0v) is 17.8. The first kappa shape index (κ1) is 20.9. The number of hydrogen-bond donors (Lipinski definition) is 2. The van der Waals surface area contributed by atoms with Crippen molar-refractivity contribution in [2.75, 3.05) is 11.1 Å². The van der Waals surface area contributed by atoms with Crippen LogP contribution in [0.3, 0.4) is 0 Å². The molecule has 4 rings (SSSR count). The maximum Gasteiger partial charge on any atom is 0.343 e. The van der Waals surface area contributed by atoms with Crippen molar-refractivity contribution in [3.05, 3.63) is 82.3 Å². The van der Waals surface area contributed by atoms with Crippen LogP contribution >= 0.6 is 23.4 Å². The Morgan fingerprint density at radius 1 is 1.19 bits per heavy atom. The predicted octanol–water partition coefficient (Wildman–Crippen LogP) is 2.78. The van der Waals surface area contributed by atoms with Gasteiger partial charge in [-0.15, -0.1) is 5.10 Å². The molecule has 0 spiro atoms. The Hall–Kier alpha value is -3.37. The number of carbonyl (C=O) groups is 1. The van der Waals surface area contributed by atoms with Gasteiger partial charge in [0.2, 0.25) is 5.91 Å². The minimum atomic E-state index is -0.304. The molecule has 9 nitrogen and oxygen atoms in total. The number of H-pyrrole nitrogens is 1. The average molecular weight is 456 g/mol. The highest BCUT2D eigenvalue weighted by Gasteiger charge is 2.14. The molecular formula is C20H18ClN7O2S. The van der Waals surface area contributed by atoms with Gasteiger partial charge >= 0.3 is 5.69 Å². The van der Waals surface area contributed by atoms with E-state index in [1.54, 1.807) is 18.2 Å². The Balaban J connectivity index is 1.41. The van der Waals surface area contributed by atoms with E-state index in [1.165, 1.54) is 33.7 Å². The van der Waals surface area contributed by atoms with E-state index in [-0.39, 0.29) is 17.3 Å². The molecule has 0 saturated carbocycles. The highest BCUT2D eigenvalue weighted by molar-refractivity contribution is 7.99. The van der Waals surface area contributed by atoms with Crippen molar-refractivity contribution in [1.82, 2.24) is 29.5 Å². The van der Waals surface area contributed by atoms with Gasteiger partial charge < -0.3 is 5.32 Å². The number of thioether (sulfide) groups is 1. The lowest BCUT2D eigenvalue weighted by Crippen LogP contribution is -2.20. The summed E-state index contributed by atoms with van der Waals surface area (Å²) in [6.45, 7) is 0.466. The fourth-order valence-corrected chi connectivity index (χ4v) is 3.90. The van der Waals surface area contributed by atoms with Gasteiger partial charge in [-0.05, 0) is 30.2 Å². The minimum absolute atomic E-state index is 0.0684. The number of aromatic amines is 1. The van der Waals surface area contributed by atoms with Crippen LogP contribution in [0.4, 0.5) is 5.69 Å². The Kier molecular flexibility index (Phi) is 6.48. The van der Waals surface area contributed by atoms with Crippen molar-refractivity contribution in [3.63, 3.8) is 0 Å². The normalized spacial score (nSPS) is 10.9. The van der Waals surface area contributed by atoms with E-state index >= 15 is 0 Å². The number of nitrogens with zero attached hydrogens (tertiary/aromatic N) is 5. The third-order valence-electron chi connectivity index (χ3n) is 4.42. The predicted molar refractivity (Wildman–Crippen MR) is 119 cm³/mol. The van der Waals surface area contributed by atoms with E-state index in [4.69, 9.17) is 11.6 Å². The molecule has 0 saturated heterocycles. The van der Waals surface area contributed by atoms with E-state index in [2.05, 4.69) is 25.6 Å². The van der Waals surface area contributed by atoms with Crippen LogP contribution in [0.1, 0.15) is 5.56 Å². The topological polar surface area (TPSA) is 110 Å². The molecule has 0 radical (unpaired) electrons. The number of benzene rings is 2. The molecule has 0 unspecified atom stereocenters. The maximum atomic E-state index is 12.6. The molecule has 4 aromatic rings. The van der Waals surface area contributed by atoms with E-state index in [1.807, 2.05) is 30.3 Å². The van der Waals surface area contributed by atoms with Crippen LogP contribution in [-0.4, -0.2) is 41.2 Å².